The number of rotatable bonds is 5. The molecule has 1 aromatic carbocycles. The van der Waals surface area contributed by atoms with Gasteiger partial charge in [-0.1, -0.05) is 35.9 Å². The Balaban J connectivity index is 1.44. The SMILES string of the molecule is Cc1cccc(-c2cnc(C)nc2[C@H]2CCCN(C(=O)[C@@H](c3cccnc3)N3CCOCC3)C2)c1. The van der Waals surface area contributed by atoms with E-state index in [0.29, 0.717) is 19.8 Å². The van der Waals surface area contributed by atoms with Crippen molar-refractivity contribution < 1.29 is 9.53 Å². The van der Waals surface area contributed by atoms with E-state index in [1.54, 1.807) is 6.20 Å². The summed E-state index contributed by atoms with van der Waals surface area (Å²) in [5, 5.41) is 0. The number of pyridine rings is 1. The Bertz CT molecular complexity index is 1160. The minimum Gasteiger partial charge on any atom is -0.379 e. The van der Waals surface area contributed by atoms with E-state index in [0.717, 1.165) is 60.7 Å². The average molecular weight is 472 g/mol. The number of amides is 1. The summed E-state index contributed by atoms with van der Waals surface area (Å²) in [6.07, 6.45) is 7.48. The maximum absolute atomic E-state index is 14.0. The van der Waals surface area contributed by atoms with Crippen LogP contribution in [0.15, 0.2) is 55.0 Å². The highest BCUT2D eigenvalue weighted by Gasteiger charge is 2.35. The number of aromatic nitrogens is 3. The Morgan fingerprint density at radius 2 is 1.94 bits per heavy atom. The molecule has 1 amide bonds. The number of hydrogen-bond donors (Lipinski definition) is 0. The molecule has 35 heavy (non-hydrogen) atoms. The van der Waals surface area contributed by atoms with Gasteiger partial charge in [-0.25, -0.2) is 9.97 Å². The van der Waals surface area contributed by atoms with Crippen LogP contribution in [0.25, 0.3) is 11.1 Å². The molecule has 2 fully saturated rings. The second-order valence-corrected chi connectivity index (χ2v) is 9.55. The van der Waals surface area contributed by atoms with Gasteiger partial charge in [0.2, 0.25) is 5.91 Å². The molecule has 4 heterocycles. The molecular formula is C28H33N5O2. The summed E-state index contributed by atoms with van der Waals surface area (Å²) >= 11 is 0. The van der Waals surface area contributed by atoms with Gasteiger partial charge < -0.3 is 9.64 Å². The zero-order valence-electron chi connectivity index (χ0n) is 20.6. The predicted molar refractivity (Wildman–Crippen MR) is 135 cm³/mol. The van der Waals surface area contributed by atoms with Crippen molar-refractivity contribution in [2.24, 2.45) is 0 Å². The van der Waals surface area contributed by atoms with E-state index in [1.807, 2.05) is 36.4 Å². The van der Waals surface area contributed by atoms with E-state index in [4.69, 9.17) is 9.72 Å². The molecule has 2 aliphatic heterocycles. The quantitative estimate of drug-likeness (QED) is 0.561. The molecular weight excluding hydrogens is 438 g/mol. The lowest BCUT2D eigenvalue weighted by atomic mass is 9.89. The molecule has 0 bridgehead atoms. The van der Waals surface area contributed by atoms with Gasteiger partial charge in [-0.2, -0.15) is 0 Å². The van der Waals surface area contributed by atoms with Gasteiger partial charge in [-0.15, -0.1) is 0 Å². The van der Waals surface area contributed by atoms with Gasteiger partial charge >= 0.3 is 0 Å². The van der Waals surface area contributed by atoms with Gasteiger partial charge in [0.15, 0.2) is 0 Å². The van der Waals surface area contributed by atoms with Crippen molar-refractivity contribution in [3.05, 3.63) is 77.6 Å². The Hall–Kier alpha value is -3.16. The zero-order valence-corrected chi connectivity index (χ0v) is 20.6. The lowest BCUT2D eigenvalue weighted by Gasteiger charge is -2.39. The van der Waals surface area contributed by atoms with Gasteiger partial charge in [0.25, 0.3) is 0 Å². The topological polar surface area (TPSA) is 71.5 Å². The lowest BCUT2D eigenvalue weighted by Crippen LogP contribution is -2.49. The molecule has 0 N–H and O–H groups in total. The molecule has 7 nitrogen and oxygen atoms in total. The van der Waals surface area contributed by atoms with Crippen molar-refractivity contribution in [2.45, 2.75) is 38.6 Å². The third-order valence-electron chi connectivity index (χ3n) is 7.03. The number of benzene rings is 1. The Morgan fingerprint density at radius 1 is 1.09 bits per heavy atom. The van der Waals surface area contributed by atoms with Crippen LogP contribution in [0.5, 0.6) is 0 Å². The van der Waals surface area contributed by atoms with Crippen LogP contribution in [-0.4, -0.2) is 70.1 Å². The summed E-state index contributed by atoms with van der Waals surface area (Å²) < 4.78 is 5.56. The van der Waals surface area contributed by atoms with Crippen molar-refractivity contribution in [2.75, 3.05) is 39.4 Å². The van der Waals surface area contributed by atoms with Gasteiger partial charge in [0.05, 0.1) is 18.9 Å². The molecule has 2 aromatic heterocycles. The molecule has 0 unspecified atom stereocenters. The fourth-order valence-electron chi connectivity index (χ4n) is 5.29. The molecule has 182 valence electrons. The first-order chi connectivity index (χ1) is 17.1. The highest BCUT2D eigenvalue weighted by Crippen LogP contribution is 2.35. The van der Waals surface area contributed by atoms with Crippen molar-refractivity contribution in [3.8, 4) is 11.1 Å². The van der Waals surface area contributed by atoms with Crippen molar-refractivity contribution in [3.63, 3.8) is 0 Å². The lowest BCUT2D eigenvalue weighted by molar-refractivity contribution is -0.140. The average Bonchev–Trinajstić information content (AvgIpc) is 2.90. The summed E-state index contributed by atoms with van der Waals surface area (Å²) in [7, 11) is 0. The highest BCUT2D eigenvalue weighted by molar-refractivity contribution is 5.83. The first-order valence-electron chi connectivity index (χ1n) is 12.5. The molecule has 5 rings (SSSR count). The Morgan fingerprint density at radius 3 is 2.71 bits per heavy atom. The van der Waals surface area contributed by atoms with Gasteiger partial charge in [0.1, 0.15) is 11.9 Å². The fraction of sp³-hybridized carbons (Fsp3) is 0.429. The maximum Gasteiger partial charge on any atom is 0.244 e. The molecule has 2 aliphatic rings. The molecule has 0 spiro atoms. The monoisotopic (exact) mass is 471 g/mol. The summed E-state index contributed by atoms with van der Waals surface area (Å²) in [5.74, 6) is 1.08. The van der Waals surface area contributed by atoms with E-state index in [1.165, 1.54) is 5.56 Å². The zero-order chi connectivity index (χ0) is 24.2. The predicted octanol–water partition coefficient (Wildman–Crippen LogP) is 3.93. The number of likely N-dealkylation sites (tertiary alicyclic amines) is 1. The fourth-order valence-corrected chi connectivity index (χ4v) is 5.29. The summed E-state index contributed by atoms with van der Waals surface area (Å²) in [4.78, 5) is 32.0. The molecule has 0 aliphatic carbocycles. The Labute approximate surface area is 207 Å². The smallest absolute Gasteiger partial charge is 0.244 e. The maximum atomic E-state index is 14.0. The molecule has 7 heteroatoms. The largest absolute Gasteiger partial charge is 0.379 e. The van der Waals surface area contributed by atoms with Gasteiger partial charge in [-0.3, -0.25) is 14.7 Å². The minimum absolute atomic E-state index is 0.146. The summed E-state index contributed by atoms with van der Waals surface area (Å²) in [5.41, 5.74) is 5.39. The second kappa shape index (κ2) is 10.6. The van der Waals surface area contributed by atoms with E-state index in [-0.39, 0.29) is 17.9 Å². The number of piperidine rings is 1. The van der Waals surface area contributed by atoms with Crippen LogP contribution in [0.2, 0.25) is 0 Å². The van der Waals surface area contributed by atoms with E-state index in [9.17, 15) is 4.79 Å². The molecule has 0 saturated carbocycles. The number of nitrogens with zero attached hydrogens (tertiary/aromatic N) is 5. The normalized spacial score (nSPS) is 19.9. The second-order valence-electron chi connectivity index (χ2n) is 9.55. The third kappa shape index (κ3) is 5.26. The summed E-state index contributed by atoms with van der Waals surface area (Å²) in [6, 6.07) is 12.1. The standard InChI is InChI=1S/C28H33N5O2/c1-20-6-3-7-22(16-20)25-18-30-21(2)31-26(25)24-9-5-11-33(19-24)28(34)27(23-8-4-10-29-17-23)32-12-14-35-15-13-32/h3-4,6-8,10,16-18,24,27H,5,9,11-15,19H2,1-2H3/t24-,27+/m0/s1. The number of morpholine rings is 1. The van der Waals surface area contributed by atoms with Crippen molar-refractivity contribution >= 4 is 5.91 Å². The van der Waals surface area contributed by atoms with E-state index < -0.39 is 0 Å². The number of ether oxygens (including phenoxy) is 1. The van der Waals surface area contributed by atoms with Crippen LogP contribution < -0.4 is 0 Å². The van der Waals surface area contributed by atoms with Crippen LogP contribution in [0.3, 0.4) is 0 Å². The van der Waals surface area contributed by atoms with Crippen LogP contribution in [0.1, 0.15) is 47.4 Å². The van der Waals surface area contributed by atoms with Crippen molar-refractivity contribution in [1.82, 2.24) is 24.8 Å². The van der Waals surface area contributed by atoms with Crippen LogP contribution in [0, 0.1) is 13.8 Å². The van der Waals surface area contributed by atoms with Crippen LogP contribution in [-0.2, 0) is 9.53 Å². The number of carbonyl (C=O) groups is 1. The first kappa shape index (κ1) is 23.6. The van der Waals surface area contributed by atoms with Crippen molar-refractivity contribution in [1.29, 1.82) is 0 Å². The molecule has 3 aromatic rings. The first-order valence-corrected chi connectivity index (χ1v) is 12.5. The summed E-state index contributed by atoms with van der Waals surface area (Å²) in [6.45, 7) is 8.24. The molecule has 2 atom stereocenters. The minimum atomic E-state index is -0.338. The third-order valence-corrected chi connectivity index (χ3v) is 7.03. The molecule has 0 radical (unpaired) electrons. The van der Waals surface area contributed by atoms with Crippen LogP contribution in [0.4, 0.5) is 0 Å². The number of carbonyl (C=O) groups excluding carboxylic acids is 1. The van der Waals surface area contributed by atoms with E-state index >= 15 is 0 Å². The van der Waals surface area contributed by atoms with Gasteiger partial charge in [0, 0.05) is 56.3 Å². The molecule has 2 saturated heterocycles. The number of hydrogen-bond acceptors (Lipinski definition) is 6. The highest BCUT2D eigenvalue weighted by atomic mass is 16.5. The van der Waals surface area contributed by atoms with Gasteiger partial charge in [-0.05, 0) is 43.9 Å². The Kier molecular flexibility index (Phi) is 7.16. The number of aryl methyl sites for hydroxylation is 2. The van der Waals surface area contributed by atoms with Crippen LogP contribution >= 0.6 is 0 Å². The van der Waals surface area contributed by atoms with E-state index in [2.05, 4.69) is 46.1 Å².